The highest BCUT2D eigenvalue weighted by molar-refractivity contribution is 5.97. The van der Waals surface area contributed by atoms with Crippen molar-refractivity contribution in [3.05, 3.63) is 58.0 Å². The number of aliphatic imine (C=N–C) groups is 1. The van der Waals surface area contributed by atoms with Crippen LogP contribution in [0.15, 0.2) is 51.6 Å². The summed E-state index contributed by atoms with van der Waals surface area (Å²) in [4.78, 5) is 48.5. The van der Waals surface area contributed by atoms with Gasteiger partial charge in [-0.1, -0.05) is 39.3 Å². The first-order valence-electron chi connectivity index (χ1n) is 18.6. The van der Waals surface area contributed by atoms with E-state index in [1.807, 2.05) is 32.1 Å². The molecule has 1 aromatic rings. The second-order valence-corrected chi connectivity index (χ2v) is 15.8. The largest absolute Gasteiger partial charge is 0.467 e. The van der Waals surface area contributed by atoms with E-state index in [0.717, 1.165) is 24.6 Å². The molecular formula is C40H56N2O10. The summed E-state index contributed by atoms with van der Waals surface area (Å²) in [6.07, 6.45) is 4.04. The lowest BCUT2D eigenvalue weighted by Crippen LogP contribution is -2.43. The van der Waals surface area contributed by atoms with Gasteiger partial charge >= 0.3 is 17.9 Å². The van der Waals surface area contributed by atoms with Gasteiger partial charge in [0.2, 0.25) is 5.90 Å². The predicted molar refractivity (Wildman–Crippen MR) is 193 cm³/mol. The topological polar surface area (TPSA) is 166 Å². The maximum Gasteiger partial charge on any atom is 0.334 e. The van der Waals surface area contributed by atoms with Crippen molar-refractivity contribution in [2.75, 3.05) is 26.4 Å². The van der Waals surface area contributed by atoms with E-state index in [2.05, 4.69) is 25.8 Å². The van der Waals surface area contributed by atoms with Crippen LogP contribution in [-0.4, -0.2) is 95.9 Å². The number of fused-ring (bicyclic) bond motifs is 6. The normalized spacial score (nSPS) is 32.8. The smallest absolute Gasteiger partial charge is 0.334 e. The van der Waals surface area contributed by atoms with Gasteiger partial charge in [-0.25, -0.2) is 14.6 Å². The van der Waals surface area contributed by atoms with Gasteiger partial charge in [-0.05, 0) is 88.0 Å². The van der Waals surface area contributed by atoms with Crippen LogP contribution in [0.4, 0.5) is 0 Å². The fourth-order valence-corrected chi connectivity index (χ4v) is 7.51. The van der Waals surface area contributed by atoms with Crippen LogP contribution in [0.25, 0.3) is 0 Å². The Morgan fingerprint density at radius 3 is 2.54 bits per heavy atom. The number of carbonyl (C=O) groups excluding carboxylic acids is 3. The number of aromatic amines is 1. The minimum atomic E-state index is -1.49. The van der Waals surface area contributed by atoms with Crippen LogP contribution in [0.1, 0.15) is 92.0 Å². The number of nitrogens with zero attached hydrogens (tertiary/aromatic N) is 1. The van der Waals surface area contributed by atoms with Gasteiger partial charge in [0.25, 0.3) is 0 Å². The molecule has 4 aliphatic rings. The molecule has 52 heavy (non-hydrogen) atoms. The minimum Gasteiger partial charge on any atom is -0.467 e. The molecule has 0 saturated carbocycles. The van der Waals surface area contributed by atoms with E-state index in [1.165, 1.54) is 18.1 Å². The van der Waals surface area contributed by atoms with Gasteiger partial charge in [-0.2, -0.15) is 0 Å². The Balaban J connectivity index is 1.50. The molecule has 5 heterocycles. The number of rotatable bonds is 10. The highest BCUT2D eigenvalue weighted by Crippen LogP contribution is 2.41. The molecule has 2 saturated heterocycles. The molecule has 0 spiro atoms. The standard InChI is InChI=1S/C40H56N2O10/c1-22(2)15-26-17-34(45)51-36-35(52-39(47)40(36,7)21-44)25(6)10-11-27-12-13-30(41-27)37-42-31(33(50-37)20-49-38(26)46)18-28-29(24(5)9-8-14-43)19-48-32(28)16-23(3)4/h10,12-13,17,22-23,28,31-33,35-36,41,43-44H,8-9,11,14-16,18-21H2,1-7H3/b25-10-,26-17+,29-24-. The summed E-state index contributed by atoms with van der Waals surface area (Å²) in [7, 11) is 0. The quantitative estimate of drug-likeness (QED) is 0.171. The molecule has 7 unspecified atom stereocenters. The Bertz CT molecular complexity index is 1600. The van der Waals surface area contributed by atoms with Gasteiger partial charge in [-0.15, -0.1) is 0 Å². The minimum absolute atomic E-state index is 0.00108. The molecular weight excluding hydrogens is 668 g/mol. The zero-order valence-electron chi connectivity index (χ0n) is 31.6. The van der Waals surface area contributed by atoms with E-state index in [9.17, 15) is 24.6 Å². The van der Waals surface area contributed by atoms with Crippen LogP contribution >= 0.6 is 0 Å². The van der Waals surface area contributed by atoms with Crippen molar-refractivity contribution in [3.8, 4) is 0 Å². The van der Waals surface area contributed by atoms with Crippen LogP contribution < -0.4 is 0 Å². The monoisotopic (exact) mass is 724 g/mol. The first-order valence-corrected chi connectivity index (χ1v) is 18.6. The number of H-pyrrole nitrogens is 1. The summed E-state index contributed by atoms with van der Waals surface area (Å²) in [6, 6.07) is 3.47. The Morgan fingerprint density at radius 1 is 1.08 bits per heavy atom. The Morgan fingerprint density at radius 2 is 1.85 bits per heavy atom. The van der Waals surface area contributed by atoms with Crippen molar-refractivity contribution in [3.63, 3.8) is 0 Å². The number of carbonyl (C=O) groups is 3. The third-order valence-electron chi connectivity index (χ3n) is 10.6. The first kappa shape index (κ1) is 39.5. The lowest BCUT2D eigenvalue weighted by molar-refractivity contribution is -0.153. The molecule has 0 aromatic carbocycles. The van der Waals surface area contributed by atoms with Gasteiger partial charge in [0.15, 0.2) is 18.3 Å². The zero-order valence-corrected chi connectivity index (χ0v) is 31.6. The molecule has 0 amide bonds. The zero-order chi connectivity index (χ0) is 37.7. The number of esters is 3. The van der Waals surface area contributed by atoms with E-state index < -0.39 is 48.2 Å². The van der Waals surface area contributed by atoms with E-state index >= 15 is 0 Å². The average Bonchev–Trinajstić information content (AvgIpc) is 3.87. The molecule has 12 nitrogen and oxygen atoms in total. The van der Waals surface area contributed by atoms with Gasteiger partial charge in [0.05, 0.1) is 25.4 Å². The van der Waals surface area contributed by atoms with Crippen LogP contribution in [-0.2, 0) is 44.5 Å². The first-order chi connectivity index (χ1) is 24.7. The summed E-state index contributed by atoms with van der Waals surface area (Å²) in [5.41, 5.74) is 3.27. The van der Waals surface area contributed by atoms with Crippen molar-refractivity contribution in [2.24, 2.45) is 28.2 Å². The van der Waals surface area contributed by atoms with Crippen LogP contribution in [0.2, 0.25) is 0 Å². The van der Waals surface area contributed by atoms with Crippen molar-refractivity contribution in [2.45, 2.75) is 117 Å². The molecule has 12 heteroatoms. The maximum atomic E-state index is 13.7. The number of hydrogen-bond acceptors (Lipinski definition) is 11. The third-order valence-corrected chi connectivity index (χ3v) is 10.6. The summed E-state index contributed by atoms with van der Waals surface area (Å²) in [5.74, 6) is -1.25. The number of cyclic esters (lactones) is 1. The molecule has 0 aliphatic carbocycles. The highest BCUT2D eigenvalue weighted by atomic mass is 16.6. The predicted octanol–water partition coefficient (Wildman–Crippen LogP) is 4.92. The molecule has 7 atom stereocenters. The molecule has 2 fully saturated rings. The molecule has 5 rings (SSSR count). The number of aliphatic hydroxyl groups is 2. The van der Waals surface area contributed by atoms with Crippen molar-refractivity contribution in [1.29, 1.82) is 0 Å². The molecule has 4 bridgehead atoms. The molecule has 3 N–H and O–H groups in total. The van der Waals surface area contributed by atoms with Gasteiger partial charge in [0.1, 0.15) is 17.7 Å². The van der Waals surface area contributed by atoms with Crippen LogP contribution in [0, 0.1) is 23.2 Å². The fourth-order valence-electron chi connectivity index (χ4n) is 7.51. The Kier molecular flexibility index (Phi) is 12.9. The van der Waals surface area contributed by atoms with Gasteiger partial charge in [-0.3, -0.25) is 4.79 Å². The van der Waals surface area contributed by atoms with Gasteiger partial charge < -0.3 is 38.9 Å². The van der Waals surface area contributed by atoms with Crippen molar-refractivity contribution >= 4 is 23.8 Å². The number of ether oxygens (including phenoxy) is 5. The van der Waals surface area contributed by atoms with E-state index in [0.29, 0.717) is 49.0 Å². The van der Waals surface area contributed by atoms with E-state index in [-0.39, 0.29) is 49.2 Å². The number of nitrogens with one attached hydrogen (secondary N) is 1. The second kappa shape index (κ2) is 16.9. The summed E-state index contributed by atoms with van der Waals surface area (Å²) in [6.45, 7) is 13.6. The SMILES string of the molecule is C/C1=C/Cc2ccc([nH]2)C2=NC(CC3/C(=C(/C)CCCO)COC3CC(C)C)C(COC(=O)/C(CC(C)C)=C/C(=O)OC3C1OC(=O)C3(C)CO)O2. The second-order valence-electron chi connectivity index (χ2n) is 15.8. The van der Waals surface area contributed by atoms with Crippen LogP contribution in [0.3, 0.4) is 0 Å². The summed E-state index contributed by atoms with van der Waals surface area (Å²) in [5, 5.41) is 19.7. The number of aromatic nitrogens is 1. The third kappa shape index (κ3) is 8.89. The lowest BCUT2D eigenvalue weighted by atomic mass is 9.82. The summed E-state index contributed by atoms with van der Waals surface area (Å²) >= 11 is 0. The molecule has 1 aromatic heterocycles. The van der Waals surface area contributed by atoms with E-state index in [4.69, 9.17) is 28.7 Å². The lowest BCUT2D eigenvalue weighted by Gasteiger charge is -2.27. The van der Waals surface area contributed by atoms with Crippen molar-refractivity contribution < 1.29 is 48.3 Å². The van der Waals surface area contributed by atoms with Crippen LogP contribution in [0.5, 0.6) is 0 Å². The highest BCUT2D eigenvalue weighted by Gasteiger charge is 2.57. The summed E-state index contributed by atoms with van der Waals surface area (Å²) < 4.78 is 30.2. The Hall–Kier alpha value is -3.74. The number of hydrogen-bond donors (Lipinski definition) is 3. The number of aliphatic hydroxyl groups excluding tert-OH is 2. The van der Waals surface area contributed by atoms with Gasteiger partial charge in [0, 0.05) is 36.3 Å². The molecule has 4 aliphatic heterocycles. The molecule has 286 valence electrons. The Labute approximate surface area is 306 Å². The number of allylic oxidation sites excluding steroid dienone is 2. The van der Waals surface area contributed by atoms with E-state index in [1.54, 1.807) is 6.92 Å². The average molecular weight is 725 g/mol. The molecule has 0 radical (unpaired) electrons. The fraction of sp³-hybridized carbons (Fsp3) is 0.650. The van der Waals surface area contributed by atoms with Crippen molar-refractivity contribution in [1.82, 2.24) is 4.98 Å². The maximum absolute atomic E-state index is 13.7.